The van der Waals surface area contributed by atoms with Gasteiger partial charge in [0.15, 0.2) is 5.17 Å². The van der Waals surface area contributed by atoms with E-state index in [-0.39, 0.29) is 11.6 Å². The molecule has 0 unspecified atom stereocenters. The number of nitro benzene ring substituents is 1. The van der Waals surface area contributed by atoms with Gasteiger partial charge in [-0.25, -0.2) is 4.99 Å². The van der Waals surface area contributed by atoms with E-state index in [2.05, 4.69) is 11.1 Å². The number of nitrogens with zero attached hydrogens (tertiary/aromatic N) is 3. The minimum absolute atomic E-state index is 0.0237. The van der Waals surface area contributed by atoms with Crippen LogP contribution in [0.4, 0.5) is 11.4 Å². The molecule has 0 radical (unpaired) electrons. The number of aliphatic imine (C=N–C) groups is 1. The van der Waals surface area contributed by atoms with Crippen molar-refractivity contribution in [3.63, 3.8) is 0 Å². The number of hydrogen-bond donors (Lipinski definition) is 1. The summed E-state index contributed by atoms with van der Waals surface area (Å²) in [6, 6.07) is 23.6. The van der Waals surface area contributed by atoms with Gasteiger partial charge in [-0.3, -0.25) is 19.8 Å². The lowest BCUT2D eigenvalue weighted by Gasteiger charge is -2.15. The summed E-state index contributed by atoms with van der Waals surface area (Å²) >= 11 is 1.26. The largest absolute Gasteiger partial charge is 0.497 e. The van der Waals surface area contributed by atoms with Gasteiger partial charge in [-0.15, -0.1) is 0 Å². The average Bonchev–Trinajstić information content (AvgIpc) is 3.56. The third kappa shape index (κ3) is 5.19. The summed E-state index contributed by atoms with van der Waals surface area (Å²) in [5, 5.41) is 14.6. The molecular formula is C32H26N4O5S. The molecule has 42 heavy (non-hydrogen) atoms. The van der Waals surface area contributed by atoms with Crippen LogP contribution in [0.1, 0.15) is 11.1 Å². The smallest absolute Gasteiger partial charge is 0.269 e. The number of methoxy groups -OCH3 is 2. The minimum Gasteiger partial charge on any atom is -0.497 e. The molecule has 210 valence electrons. The molecule has 0 bridgehead atoms. The predicted octanol–water partition coefficient (Wildman–Crippen LogP) is 7.09. The van der Waals surface area contributed by atoms with Gasteiger partial charge in [0.2, 0.25) is 0 Å². The number of amides is 1. The van der Waals surface area contributed by atoms with Gasteiger partial charge >= 0.3 is 0 Å². The maximum absolute atomic E-state index is 13.9. The molecule has 1 N–H and O–H groups in total. The Morgan fingerprint density at radius 2 is 1.79 bits per heavy atom. The number of carbonyl (C=O) groups is 1. The van der Waals surface area contributed by atoms with E-state index in [0.29, 0.717) is 40.2 Å². The number of fused-ring (bicyclic) bond motifs is 2. The number of nitrogens with one attached hydrogen (secondary N) is 1. The molecule has 1 amide bonds. The van der Waals surface area contributed by atoms with Gasteiger partial charge in [-0.2, -0.15) is 0 Å². The summed E-state index contributed by atoms with van der Waals surface area (Å²) in [4.78, 5) is 34.8. The van der Waals surface area contributed by atoms with Crippen LogP contribution in [-0.4, -0.2) is 46.6 Å². The number of rotatable bonds is 8. The molecule has 0 saturated carbocycles. The number of H-pyrrole nitrogens is 1. The first-order valence-electron chi connectivity index (χ1n) is 13.2. The van der Waals surface area contributed by atoms with Gasteiger partial charge in [-0.05, 0) is 77.0 Å². The molecule has 1 aromatic heterocycles. The summed E-state index contributed by atoms with van der Waals surface area (Å²) in [6.45, 7) is 0.400. The highest BCUT2D eigenvalue weighted by atomic mass is 32.2. The fraction of sp³-hybridized carbons (Fsp3) is 0.125. The highest BCUT2D eigenvalue weighted by Crippen LogP contribution is 2.39. The van der Waals surface area contributed by atoms with E-state index in [1.165, 1.54) is 23.9 Å². The van der Waals surface area contributed by atoms with Crippen molar-refractivity contribution in [3.8, 4) is 11.5 Å². The summed E-state index contributed by atoms with van der Waals surface area (Å²) in [7, 11) is 3.21. The van der Waals surface area contributed by atoms with E-state index in [1.807, 2.05) is 60.8 Å². The second-order valence-corrected chi connectivity index (χ2v) is 10.6. The molecule has 0 atom stereocenters. The minimum atomic E-state index is -0.453. The topological polar surface area (TPSA) is 110 Å². The van der Waals surface area contributed by atoms with E-state index in [4.69, 9.17) is 14.5 Å². The molecule has 4 aromatic carbocycles. The Kier molecular flexibility index (Phi) is 7.37. The van der Waals surface area contributed by atoms with Gasteiger partial charge in [-0.1, -0.05) is 30.3 Å². The fourth-order valence-corrected chi connectivity index (χ4v) is 6.01. The van der Waals surface area contributed by atoms with Crippen LogP contribution in [0.3, 0.4) is 0 Å². The first-order chi connectivity index (χ1) is 20.4. The Morgan fingerprint density at radius 3 is 2.55 bits per heavy atom. The zero-order valence-electron chi connectivity index (χ0n) is 22.9. The predicted molar refractivity (Wildman–Crippen MR) is 167 cm³/mol. The monoisotopic (exact) mass is 578 g/mol. The number of ether oxygens (including phenoxy) is 2. The third-order valence-electron chi connectivity index (χ3n) is 7.18. The number of hydrogen-bond acceptors (Lipinski definition) is 7. The summed E-state index contributed by atoms with van der Waals surface area (Å²) in [6.07, 6.45) is 4.42. The van der Waals surface area contributed by atoms with Crippen molar-refractivity contribution < 1.29 is 19.2 Å². The Hall–Kier alpha value is -5.09. The lowest BCUT2D eigenvalue weighted by Crippen LogP contribution is -2.31. The van der Waals surface area contributed by atoms with Gasteiger partial charge in [0.05, 0.1) is 29.7 Å². The van der Waals surface area contributed by atoms with Crippen LogP contribution in [0.15, 0.2) is 95.0 Å². The number of nitro groups is 1. The number of benzene rings is 4. The zero-order valence-corrected chi connectivity index (χ0v) is 23.7. The second kappa shape index (κ2) is 11.4. The van der Waals surface area contributed by atoms with Crippen molar-refractivity contribution in [1.29, 1.82) is 0 Å². The number of aromatic amines is 1. The molecule has 0 spiro atoms. The quantitative estimate of drug-likeness (QED) is 0.120. The van der Waals surface area contributed by atoms with Crippen molar-refractivity contribution in [2.75, 3.05) is 20.8 Å². The number of aromatic nitrogens is 1. The van der Waals surface area contributed by atoms with Gasteiger partial charge in [0.25, 0.3) is 11.6 Å². The highest BCUT2D eigenvalue weighted by Gasteiger charge is 2.34. The van der Waals surface area contributed by atoms with Crippen LogP contribution in [0.2, 0.25) is 0 Å². The maximum atomic E-state index is 13.9. The van der Waals surface area contributed by atoms with Crippen LogP contribution in [0, 0.1) is 10.1 Å². The molecule has 9 nitrogen and oxygen atoms in total. The van der Waals surface area contributed by atoms with E-state index in [9.17, 15) is 14.9 Å². The number of non-ortho nitro benzene ring substituents is 1. The van der Waals surface area contributed by atoms with E-state index >= 15 is 0 Å². The normalized spacial score (nSPS) is 15.3. The van der Waals surface area contributed by atoms with E-state index in [0.717, 1.165) is 32.8 Å². The van der Waals surface area contributed by atoms with Crippen molar-refractivity contribution in [2.45, 2.75) is 6.42 Å². The first-order valence-corrected chi connectivity index (χ1v) is 14.0. The Bertz CT molecular complexity index is 1890. The fourth-order valence-electron chi connectivity index (χ4n) is 5.01. The summed E-state index contributed by atoms with van der Waals surface area (Å²) < 4.78 is 11.1. The van der Waals surface area contributed by atoms with Crippen LogP contribution in [0.25, 0.3) is 27.8 Å². The molecular weight excluding hydrogens is 552 g/mol. The molecule has 1 aliphatic heterocycles. The molecule has 1 saturated heterocycles. The summed E-state index contributed by atoms with van der Waals surface area (Å²) in [5.74, 6) is 1.15. The Balaban J connectivity index is 1.40. The molecule has 5 aromatic rings. The number of carbonyl (C=O) groups excluding carboxylic acids is 1. The lowest BCUT2D eigenvalue weighted by atomic mass is 10.0. The van der Waals surface area contributed by atoms with Crippen molar-refractivity contribution in [1.82, 2.24) is 9.88 Å². The van der Waals surface area contributed by atoms with Crippen molar-refractivity contribution in [3.05, 3.63) is 111 Å². The maximum Gasteiger partial charge on any atom is 0.269 e. The van der Waals surface area contributed by atoms with Crippen LogP contribution in [0.5, 0.6) is 11.5 Å². The number of amidine groups is 1. The third-order valence-corrected chi connectivity index (χ3v) is 8.19. The molecule has 0 aliphatic carbocycles. The van der Waals surface area contributed by atoms with Gasteiger partial charge in [0, 0.05) is 41.3 Å². The van der Waals surface area contributed by atoms with Crippen molar-refractivity contribution in [2.24, 2.45) is 4.99 Å². The number of para-hydroxylation sites is 1. The molecule has 1 aliphatic rings. The van der Waals surface area contributed by atoms with Crippen molar-refractivity contribution >= 4 is 62.0 Å². The number of thioether (sulfide) groups is 1. The van der Waals surface area contributed by atoms with Crippen LogP contribution >= 0.6 is 11.8 Å². The van der Waals surface area contributed by atoms with E-state index in [1.54, 1.807) is 31.3 Å². The lowest BCUT2D eigenvalue weighted by molar-refractivity contribution is -0.384. The average molecular weight is 579 g/mol. The SMILES string of the molecule is COc1ccc2ccc(OC)c(/C=C3\SC(=Nc4ccc([N+](=O)[O-])cc4)N(CCc4c[nH]c5ccccc45)C3=O)c2c1. The zero-order chi connectivity index (χ0) is 29.2. The molecule has 1 fully saturated rings. The van der Waals surface area contributed by atoms with Gasteiger partial charge < -0.3 is 14.5 Å². The molecule has 2 heterocycles. The molecule has 10 heteroatoms. The van der Waals surface area contributed by atoms with Crippen LogP contribution in [-0.2, 0) is 11.2 Å². The standard InChI is InChI=1S/C32H26N4O5S/c1-40-24-13-7-20-8-14-29(41-2)27(26(20)17-24)18-30-31(37)35(16-15-21-19-33-28-6-4-3-5-25(21)28)32(42-30)34-22-9-11-23(12-10-22)36(38)39/h3-14,17-19,33H,15-16H2,1-2H3/b30-18-,34-32?. The Morgan fingerprint density at radius 1 is 1.00 bits per heavy atom. The Labute approximate surface area is 245 Å². The summed E-state index contributed by atoms with van der Waals surface area (Å²) in [5.41, 5.74) is 3.38. The first kappa shape index (κ1) is 27.1. The second-order valence-electron chi connectivity index (χ2n) is 9.61. The highest BCUT2D eigenvalue weighted by molar-refractivity contribution is 8.18. The van der Waals surface area contributed by atoms with Gasteiger partial charge in [0.1, 0.15) is 11.5 Å². The molecule has 6 rings (SSSR count). The van der Waals surface area contributed by atoms with Crippen LogP contribution < -0.4 is 9.47 Å². The van der Waals surface area contributed by atoms with E-state index < -0.39 is 4.92 Å².